The minimum absolute atomic E-state index is 0.0583. The van der Waals surface area contributed by atoms with Crippen LogP contribution in [0.1, 0.15) is 0 Å². The Balaban J connectivity index is 1.88. The Kier molecular flexibility index (Phi) is 4.74. The minimum Gasteiger partial charge on any atom is -0.491 e. The molecule has 0 heterocycles. The summed E-state index contributed by atoms with van der Waals surface area (Å²) in [4.78, 5) is 10.8. The van der Waals surface area contributed by atoms with Crippen LogP contribution < -0.4 is 4.74 Å². The number of aliphatic hydroxyl groups is 1. The van der Waals surface area contributed by atoms with Gasteiger partial charge in [0.25, 0.3) is 0 Å². The molecule has 4 nitrogen and oxygen atoms in total. The maximum atomic E-state index is 10.8. The van der Waals surface area contributed by atoms with E-state index in [-0.39, 0.29) is 13.2 Å². The van der Waals surface area contributed by atoms with Gasteiger partial charge in [-0.3, -0.25) is 0 Å². The molecule has 0 aromatic heterocycles. The summed E-state index contributed by atoms with van der Waals surface area (Å²) in [7, 11) is 0. The highest BCUT2D eigenvalue weighted by molar-refractivity contribution is 5.83. The molecule has 0 saturated carbocycles. The van der Waals surface area contributed by atoms with Gasteiger partial charge in [-0.1, -0.05) is 36.9 Å². The number of ether oxygens (including phenoxy) is 2. The Morgan fingerprint density at radius 3 is 2.70 bits per heavy atom. The molecule has 104 valence electrons. The number of aliphatic hydroxyl groups excluding tert-OH is 1. The zero-order valence-electron chi connectivity index (χ0n) is 11.0. The van der Waals surface area contributed by atoms with E-state index in [1.165, 1.54) is 0 Å². The number of hydrogen-bond donors (Lipinski definition) is 1. The van der Waals surface area contributed by atoms with E-state index in [2.05, 4.69) is 6.58 Å². The average Bonchev–Trinajstić information content (AvgIpc) is 2.50. The van der Waals surface area contributed by atoms with Gasteiger partial charge in [-0.25, -0.2) is 4.79 Å². The highest BCUT2D eigenvalue weighted by Gasteiger charge is 2.08. The number of carbonyl (C=O) groups excluding carboxylic acids is 1. The van der Waals surface area contributed by atoms with Crippen molar-refractivity contribution in [1.29, 1.82) is 0 Å². The molecule has 0 bridgehead atoms. The summed E-state index contributed by atoms with van der Waals surface area (Å²) in [5.41, 5.74) is 0. The number of hydrogen-bond acceptors (Lipinski definition) is 4. The summed E-state index contributed by atoms with van der Waals surface area (Å²) in [5.74, 6) is 0.104. The number of rotatable bonds is 6. The van der Waals surface area contributed by atoms with Crippen LogP contribution in [0.25, 0.3) is 10.8 Å². The fourth-order valence-electron chi connectivity index (χ4n) is 1.73. The Hall–Kier alpha value is -2.33. The van der Waals surface area contributed by atoms with E-state index >= 15 is 0 Å². The lowest BCUT2D eigenvalue weighted by molar-refractivity contribution is -0.141. The monoisotopic (exact) mass is 272 g/mol. The van der Waals surface area contributed by atoms with E-state index in [0.717, 1.165) is 16.8 Å². The van der Waals surface area contributed by atoms with Crippen LogP contribution in [0.4, 0.5) is 0 Å². The van der Waals surface area contributed by atoms with Crippen molar-refractivity contribution in [3.05, 3.63) is 55.1 Å². The molecule has 2 aromatic rings. The van der Waals surface area contributed by atoms with Crippen LogP contribution in [0.5, 0.6) is 5.75 Å². The zero-order chi connectivity index (χ0) is 14.4. The third kappa shape index (κ3) is 3.83. The second-order valence-electron chi connectivity index (χ2n) is 4.31. The van der Waals surface area contributed by atoms with Gasteiger partial charge in [0.15, 0.2) is 0 Å². The number of fused-ring (bicyclic) bond motifs is 1. The molecular formula is C16H16O4. The first-order chi connectivity index (χ1) is 9.69. The van der Waals surface area contributed by atoms with E-state index in [1.54, 1.807) is 0 Å². The van der Waals surface area contributed by atoms with E-state index < -0.39 is 12.1 Å². The number of esters is 1. The van der Waals surface area contributed by atoms with Crippen molar-refractivity contribution in [1.82, 2.24) is 0 Å². The van der Waals surface area contributed by atoms with Crippen LogP contribution >= 0.6 is 0 Å². The third-order valence-corrected chi connectivity index (χ3v) is 2.75. The van der Waals surface area contributed by atoms with Gasteiger partial charge >= 0.3 is 5.97 Å². The highest BCUT2D eigenvalue weighted by atomic mass is 16.5. The average molecular weight is 272 g/mol. The van der Waals surface area contributed by atoms with Crippen LogP contribution in [0, 0.1) is 0 Å². The Morgan fingerprint density at radius 2 is 1.95 bits per heavy atom. The van der Waals surface area contributed by atoms with Crippen molar-refractivity contribution >= 4 is 16.7 Å². The van der Waals surface area contributed by atoms with Gasteiger partial charge in [0.2, 0.25) is 0 Å². The molecule has 0 saturated heterocycles. The number of carbonyl (C=O) groups is 1. The molecule has 20 heavy (non-hydrogen) atoms. The highest BCUT2D eigenvalue weighted by Crippen LogP contribution is 2.20. The van der Waals surface area contributed by atoms with Gasteiger partial charge in [0.1, 0.15) is 25.1 Å². The topological polar surface area (TPSA) is 55.8 Å². The summed E-state index contributed by atoms with van der Waals surface area (Å²) in [6.07, 6.45) is 0.182. The summed E-state index contributed by atoms with van der Waals surface area (Å²) >= 11 is 0. The van der Waals surface area contributed by atoms with Crippen molar-refractivity contribution < 1.29 is 19.4 Å². The van der Waals surface area contributed by atoms with E-state index in [1.807, 2.05) is 42.5 Å². The van der Waals surface area contributed by atoms with Gasteiger partial charge < -0.3 is 14.6 Å². The quantitative estimate of drug-likeness (QED) is 0.647. The molecule has 2 aromatic carbocycles. The third-order valence-electron chi connectivity index (χ3n) is 2.75. The molecular weight excluding hydrogens is 256 g/mol. The van der Waals surface area contributed by atoms with Crippen molar-refractivity contribution in [3.8, 4) is 5.75 Å². The fourth-order valence-corrected chi connectivity index (χ4v) is 1.73. The van der Waals surface area contributed by atoms with Crippen molar-refractivity contribution in [2.45, 2.75) is 6.10 Å². The second kappa shape index (κ2) is 6.73. The maximum absolute atomic E-state index is 10.8. The lowest BCUT2D eigenvalue weighted by Crippen LogP contribution is -2.24. The van der Waals surface area contributed by atoms with Crippen molar-refractivity contribution in [2.24, 2.45) is 0 Å². The van der Waals surface area contributed by atoms with Gasteiger partial charge in [0, 0.05) is 6.08 Å². The van der Waals surface area contributed by atoms with Gasteiger partial charge in [-0.15, -0.1) is 0 Å². The molecule has 1 unspecified atom stereocenters. The van der Waals surface area contributed by atoms with Gasteiger partial charge in [-0.2, -0.15) is 0 Å². The molecule has 0 aliphatic carbocycles. The first-order valence-electron chi connectivity index (χ1n) is 6.28. The summed E-state index contributed by atoms with van der Waals surface area (Å²) in [5, 5.41) is 11.8. The summed E-state index contributed by atoms with van der Waals surface area (Å²) in [6, 6.07) is 13.6. The molecule has 0 aliphatic rings. The first kappa shape index (κ1) is 14.1. The van der Waals surface area contributed by atoms with Gasteiger partial charge in [-0.05, 0) is 22.9 Å². The molecule has 1 atom stereocenters. The van der Waals surface area contributed by atoms with E-state index in [4.69, 9.17) is 9.47 Å². The normalized spacial score (nSPS) is 11.8. The molecule has 0 aliphatic heterocycles. The summed E-state index contributed by atoms with van der Waals surface area (Å²) in [6.45, 7) is 3.22. The lowest BCUT2D eigenvalue weighted by Gasteiger charge is -2.12. The predicted octanol–water partition coefficient (Wildman–Crippen LogP) is 2.31. The zero-order valence-corrected chi connectivity index (χ0v) is 11.0. The summed E-state index contributed by atoms with van der Waals surface area (Å²) < 4.78 is 10.2. The Bertz CT molecular complexity index is 606. The van der Waals surface area contributed by atoms with Crippen LogP contribution in [0.3, 0.4) is 0 Å². The second-order valence-corrected chi connectivity index (χ2v) is 4.31. The molecule has 0 amide bonds. The molecule has 0 fully saturated rings. The predicted molar refractivity (Wildman–Crippen MR) is 76.6 cm³/mol. The van der Waals surface area contributed by atoms with Crippen LogP contribution in [0.2, 0.25) is 0 Å². The lowest BCUT2D eigenvalue weighted by atomic mass is 10.1. The van der Waals surface area contributed by atoms with Crippen LogP contribution in [0.15, 0.2) is 55.1 Å². The van der Waals surface area contributed by atoms with E-state index in [9.17, 15) is 9.90 Å². The van der Waals surface area contributed by atoms with Crippen LogP contribution in [-0.2, 0) is 9.53 Å². The maximum Gasteiger partial charge on any atom is 0.330 e. The van der Waals surface area contributed by atoms with Crippen molar-refractivity contribution in [2.75, 3.05) is 13.2 Å². The Morgan fingerprint density at radius 1 is 1.20 bits per heavy atom. The molecule has 2 rings (SSSR count). The largest absolute Gasteiger partial charge is 0.491 e. The smallest absolute Gasteiger partial charge is 0.330 e. The molecule has 0 radical (unpaired) electrons. The standard InChI is InChI=1S/C16H16O4/c1-2-16(18)20-11-14(17)10-19-15-8-7-12-5-3-4-6-13(12)9-15/h2-9,14,17H,1,10-11H2. The van der Waals surface area contributed by atoms with E-state index in [0.29, 0.717) is 5.75 Å². The first-order valence-corrected chi connectivity index (χ1v) is 6.28. The number of benzene rings is 2. The van der Waals surface area contributed by atoms with Crippen LogP contribution in [-0.4, -0.2) is 30.4 Å². The molecule has 1 N–H and O–H groups in total. The molecule has 4 heteroatoms. The Labute approximate surface area is 117 Å². The van der Waals surface area contributed by atoms with Gasteiger partial charge in [0.05, 0.1) is 0 Å². The molecule has 0 spiro atoms. The van der Waals surface area contributed by atoms with Crippen molar-refractivity contribution in [3.63, 3.8) is 0 Å². The minimum atomic E-state index is -0.870. The fraction of sp³-hybridized carbons (Fsp3) is 0.188. The SMILES string of the molecule is C=CC(=O)OCC(O)COc1ccc2ccccc2c1.